The van der Waals surface area contributed by atoms with E-state index in [2.05, 4.69) is 20.6 Å². The average Bonchev–Trinajstić information content (AvgIpc) is 2.81. The molecule has 2 N–H and O–H groups in total. The van der Waals surface area contributed by atoms with E-state index in [1.54, 1.807) is 68.0 Å². The number of ether oxygens (including phenoxy) is 2. The maximum Gasteiger partial charge on any atom is 0.255 e. The number of carbonyl (C=O) groups is 2. The zero-order valence-corrected chi connectivity index (χ0v) is 17.2. The van der Waals surface area contributed by atoms with E-state index >= 15 is 0 Å². The average molecular weight is 420 g/mol. The van der Waals surface area contributed by atoms with Crippen molar-refractivity contribution in [3.05, 3.63) is 83.8 Å². The molecule has 0 saturated carbocycles. The van der Waals surface area contributed by atoms with Crippen molar-refractivity contribution >= 4 is 17.5 Å². The van der Waals surface area contributed by atoms with Crippen LogP contribution in [0.3, 0.4) is 0 Å². The summed E-state index contributed by atoms with van der Waals surface area (Å²) < 4.78 is 10.4. The molecule has 0 aliphatic rings. The van der Waals surface area contributed by atoms with Crippen LogP contribution in [0.25, 0.3) is 0 Å². The maximum atomic E-state index is 12.3. The van der Waals surface area contributed by atoms with Crippen molar-refractivity contribution in [2.24, 2.45) is 0 Å². The Kier molecular flexibility index (Phi) is 8.07. The Balaban J connectivity index is 1.47. The number of rotatable bonds is 10. The molecule has 2 heterocycles. The molecule has 0 bridgehead atoms. The standard InChI is InChI=1S/C23H24N4O4/c1-30-12-3-13-31-21-10-9-19(15-25-21)22(28)26-14-17-5-7-18(8-6-17)23(29)27-20-4-2-11-24-16-20/h2,4-11,15-16H,3,12-14H2,1H3,(H,26,28)(H,27,29). The van der Waals surface area contributed by atoms with E-state index in [1.807, 2.05) is 0 Å². The lowest BCUT2D eigenvalue weighted by Crippen LogP contribution is -2.23. The lowest BCUT2D eigenvalue weighted by molar-refractivity contribution is 0.0949. The minimum Gasteiger partial charge on any atom is -0.478 e. The molecule has 0 aliphatic carbocycles. The third kappa shape index (κ3) is 6.90. The Morgan fingerprint density at radius 1 is 0.935 bits per heavy atom. The second kappa shape index (κ2) is 11.4. The van der Waals surface area contributed by atoms with Crippen molar-refractivity contribution in [2.75, 3.05) is 25.6 Å². The third-order valence-corrected chi connectivity index (χ3v) is 4.33. The van der Waals surface area contributed by atoms with Gasteiger partial charge in [-0.25, -0.2) is 4.98 Å². The molecule has 3 rings (SSSR count). The number of aromatic nitrogens is 2. The zero-order valence-electron chi connectivity index (χ0n) is 17.2. The summed E-state index contributed by atoms with van der Waals surface area (Å²) in [6.07, 6.45) is 5.47. The summed E-state index contributed by atoms with van der Waals surface area (Å²) in [4.78, 5) is 32.7. The summed E-state index contributed by atoms with van der Waals surface area (Å²) in [5.74, 6) is 0.00354. The normalized spacial score (nSPS) is 10.4. The number of methoxy groups -OCH3 is 1. The van der Waals surface area contributed by atoms with Gasteiger partial charge in [-0.15, -0.1) is 0 Å². The fraction of sp³-hybridized carbons (Fsp3) is 0.217. The number of carbonyl (C=O) groups excluding carboxylic acids is 2. The van der Waals surface area contributed by atoms with Crippen LogP contribution in [-0.4, -0.2) is 42.1 Å². The molecule has 3 aromatic rings. The van der Waals surface area contributed by atoms with Crippen LogP contribution in [0.5, 0.6) is 5.88 Å². The number of amides is 2. The maximum absolute atomic E-state index is 12.3. The van der Waals surface area contributed by atoms with Gasteiger partial charge >= 0.3 is 0 Å². The van der Waals surface area contributed by atoms with Gasteiger partial charge in [-0.2, -0.15) is 0 Å². The van der Waals surface area contributed by atoms with Crippen LogP contribution < -0.4 is 15.4 Å². The third-order valence-electron chi connectivity index (χ3n) is 4.33. The quantitative estimate of drug-likeness (QED) is 0.489. The Bertz CT molecular complexity index is 977. The zero-order chi connectivity index (χ0) is 21.9. The molecule has 160 valence electrons. The van der Waals surface area contributed by atoms with E-state index < -0.39 is 0 Å². The predicted molar refractivity (Wildman–Crippen MR) is 116 cm³/mol. The lowest BCUT2D eigenvalue weighted by atomic mass is 10.1. The Labute approximate surface area is 180 Å². The highest BCUT2D eigenvalue weighted by molar-refractivity contribution is 6.04. The summed E-state index contributed by atoms with van der Waals surface area (Å²) in [7, 11) is 1.64. The van der Waals surface area contributed by atoms with E-state index in [1.165, 1.54) is 6.20 Å². The predicted octanol–water partition coefficient (Wildman–Crippen LogP) is 3.07. The molecule has 0 fully saturated rings. The second-order valence-corrected chi connectivity index (χ2v) is 6.66. The first-order chi connectivity index (χ1) is 15.2. The molecule has 8 nitrogen and oxygen atoms in total. The van der Waals surface area contributed by atoms with Crippen LogP contribution in [0.4, 0.5) is 5.69 Å². The largest absolute Gasteiger partial charge is 0.478 e. The van der Waals surface area contributed by atoms with Gasteiger partial charge in [-0.1, -0.05) is 12.1 Å². The van der Waals surface area contributed by atoms with Gasteiger partial charge in [0.15, 0.2) is 0 Å². The van der Waals surface area contributed by atoms with Crippen LogP contribution >= 0.6 is 0 Å². The van der Waals surface area contributed by atoms with Crippen LogP contribution in [0.2, 0.25) is 0 Å². The van der Waals surface area contributed by atoms with E-state index in [4.69, 9.17) is 9.47 Å². The molecule has 0 aliphatic heterocycles. The van der Waals surface area contributed by atoms with Crippen LogP contribution in [0.1, 0.15) is 32.7 Å². The highest BCUT2D eigenvalue weighted by Crippen LogP contribution is 2.11. The van der Waals surface area contributed by atoms with Gasteiger partial charge in [0.25, 0.3) is 11.8 Å². The van der Waals surface area contributed by atoms with Crippen LogP contribution in [0, 0.1) is 0 Å². The molecule has 0 unspecified atom stereocenters. The van der Waals surface area contributed by atoms with Gasteiger partial charge in [-0.05, 0) is 35.9 Å². The molecule has 31 heavy (non-hydrogen) atoms. The molecular weight excluding hydrogens is 396 g/mol. The topological polar surface area (TPSA) is 102 Å². The summed E-state index contributed by atoms with van der Waals surface area (Å²) in [6.45, 7) is 1.46. The van der Waals surface area contributed by atoms with Gasteiger partial charge < -0.3 is 20.1 Å². The Morgan fingerprint density at radius 3 is 2.42 bits per heavy atom. The van der Waals surface area contributed by atoms with Gasteiger partial charge in [0.05, 0.1) is 24.1 Å². The molecule has 0 radical (unpaired) electrons. The number of nitrogens with one attached hydrogen (secondary N) is 2. The van der Waals surface area contributed by atoms with Crippen LogP contribution in [0.15, 0.2) is 67.1 Å². The van der Waals surface area contributed by atoms with E-state index in [9.17, 15) is 9.59 Å². The van der Waals surface area contributed by atoms with Crippen molar-refractivity contribution in [1.29, 1.82) is 0 Å². The molecule has 0 atom stereocenters. The number of hydrogen-bond donors (Lipinski definition) is 2. The van der Waals surface area contributed by atoms with Crippen molar-refractivity contribution < 1.29 is 19.1 Å². The SMILES string of the molecule is COCCCOc1ccc(C(=O)NCc2ccc(C(=O)Nc3cccnc3)cc2)cn1. The first-order valence-corrected chi connectivity index (χ1v) is 9.82. The minimum atomic E-state index is -0.239. The van der Waals surface area contributed by atoms with Crippen molar-refractivity contribution in [3.63, 3.8) is 0 Å². The monoisotopic (exact) mass is 420 g/mol. The molecule has 8 heteroatoms. The van der Waals surface area contributed by atoms with Gasteiger partial charge in [0.2, 0.25) is 5.88 Å². The van der Waals surface area contributed by atoms with Gasteiger partial charge in [-0.3, -0.25) is 14.6 Å². The van der Waals surface area contributed by atoms with E-state index in [0.717, 1.165) is 12.0 Å². The Morgan fingerprint density at radius 2 is 1.74 bits per heavy atom. The van der Waals surface area contributed by atoms with Crippen molar-refractivity contribution in [3.8, 4) is 5.88 Å². The summed E-state index contributed by atoms with van der Waals surface area (Å²) in [6, 6.07) is 13.9. The number of benzene rings is 1. The molecule has 1 aromatic carbocycles. The Hall–Kier alpha value is -3.78. The first-order valence-electron chi connectivity index (χ1n) is 9.82. The lowest BCUT2D eigenvalue weighted by Gasteiger charge is -2.08. The number of anilines is 1. The van der Waals surface area contributed by atoms with Crippen molar-refractivity contribution in [1.82, 2.24) is 15.3 Å². The molecule has 2 amide bonds. The fourth-order valence-corrected chi connectivity index (χ4v) is 2.68. The van der Waals surface area contributed by atoms with Gasteiger partial charge in [0, 0.05) is 50.7 Å². The molecule has 0 spiro atoms. The fourth-order valence-electron chi connectivity index (χ4n) is 2.68. The minimum absolute atomic E-state index is 0.223. The van der Waals surface area contributed by atoms with E-state index in [0.29, 0.717) is 42.5 Å². The highest BCUT2D eigenvalue weighted by Gasteiger charge is 2.09. The molecule has 2 aromatic heterocycles. The van der Waals surface area contributed by atoms with Crippen molar-refractivity contribution in [2.45, 2.75) is 13.0 Å². The summed E-state index contributed by atoms with van der Waals surface area (Å²) >= 11 is 0. The first kappa shape index (κ1) is 21.9. The summed E-state index contributed by atoms with van der Waals surface area (Å²) in [5.41, 5.74) is 2.46. The second-order valence-electron chi connectivity index (χ2n) is 6.66. The van der Waals surface area contributed by atoms with E-state index in [-0.39, 0.29) is 11.8 Å². The van der Waals surface area contributed by atoms with Gasteiger partial charge in [0.1, 0.15) is 0 Å². The smallest absolute Gasteiger partial charge is 0.255 e. The molecular formula is C23H24N4O4. The highest BCUT2D eigenvalue weighted by atomic mass is 16.5. The number of hydrogen-bond acceptors (Lipinski definition) is 6. The number of nitrogens with zero attached hydrogens (tertiary/aromatic N) is 2. The molecule has 0 saturated heterocycles. The van der Waals surface area contributed by atoms with Crippen LogP contribution in [-0.2, 0) is 11.3 Å². The number of pyridine rings is 2. The summed E-state index contributed by atoms with van der Waals surface area (Å²) in [5, 5.41) is 5.62.